The Morgan fingerprint density at radius 1 is 0.950 bits per heavy atom. The molecular weight excluding hydrogens is 244 g/mol. The van der Waals surface area contributed by atoms with Crippen molar-refractivity contribution in [1.82, 2.24) is 10.2 Å². The molecule has 2 heteroatoms. The van der Waals surface area contributed by atoms with E-state index in [4.69, 9.17) is 0 Å². The summed E-state index contributed by atoms with van der Waals surface area (Å²) < 4.78 is 0. The summed E-state index contributed by atoms with van der Waals surface area (Å²) in [6.07, 6.45) is 14.4. The summed E-state index contributed by atoms with van der Waals surface area (Å²) in [5.41, 5.74) is 1.06. The summed E-state index contributed by atoms with van der Waals surface area (Å²) in [7, 11) is 0. The van der Waals surface area contributed by atoms with Gasteiger partial charge in [0.1, 0.15) is 0 Å². The predicted molar refractivity (Wildman–Crippen MR) is 86.0 cm³/mol. The van der Waals surface area contributed by atoms with Gasteiger partial charge in [-0.3, -0.25) is 4.90 Å². The minimum atomic E-state index is 0.468. The van der Waals surface area contributed by atoms with Crippen molar-refractivity contribution >= 4 is 0 Å². The van der Waals surface area contributed by atoms with Crippen LogP contribution in [-0.2, 0) is 0 Å². The first-order chi connectivity index (χ1) is 9.61. The van der Waals surface area contributed by atoms with Gasteiger partial charge in [-0.05, 0) is 38.0 Å². The Labute approximate surface area is 125 Å². The van der Waals surface area contributed by atoms with Crippen LogP contribution < -0.4 is 5.32 Å². The Hall–Kier alpha value is -0.0800. The topological polar surface area (TPSA) is 15.3 Å². The van der Waals surface area contributed by atoms with Gasteiger partial charge in [-0.15, -0.1) is 0 Å². The van der Waals surface area contributed by atoms with Gasteiger partial charge in [0.05, 0.1) is 0 Å². The Morgan fingerprint density at radius 3 is 2.20 bits per heavy atom. The fraction of sp³-hybridized carbons (Fsp3) is 1.00. The molecule has 0 aromatic carbocycles. The maximum Gasteiger partial charge on any atom is 0.0309 e. The number of hydrogen-bond acceptors (Lipinski definition) is 2. The maximum atomic E-state index is 3.92. The standard InChI is InChI=1S/C18H34N2/c1-16-13-19-18(11-7-4-8-12-18)15-20(16)14-17(2)9-5-3-6-10-17/h16,19H,3-15H2,1-2H3. The van der Waals surface area contributed by atoms with Crippen LogP contribution in [0.2, 0.25) is 0 Å². The van der Waals surface area contributed by atoms with E-state index in [2.05, 4.69) is 24.1 Å². The smallest absolute Gasteiger partial charge is 0.0309 e. The van der Waals surface area contributed by atoms with Crippen molar-refractivity contribution in [2.45, 2.75) is 89.6 Å². The van der Waals surface area contributed by atoms with Crippen LogP contribution in [-0.4, -0.2) is 36.1 Å². The third kappa shape index (κ3) is 3.22. The zero-order chi connectivity index (χ0) is 14.1. The van der Waals surface area contributed by atoms with Crippen LogP contribution in [0.4, 0.5) is 0 Å². The van der Waals surface area contributed by atoms with Gasteiger partial charge in [-0.1, -0.05) is 45.4 Å². The zero-order valence-corrected chi connectivity index (χ0v) is 13.7. The first-order valence-corrected chi connectivity index (χ1v) is 9.10. The van der Waals surface area contributed by atoms with Crippen molar-refractivity contribution in [3.8, 4) is 0 Å². The highest BCUT2D eigenvalue weighted by Gasteiger charge is 2.40. The van der Waals surface area contributed by atoms with Gasteiger partial charge in [0.25, 0.3) is 0 Å². The number of nitrogens with zero attached hydrogens (tertiary/aromatic N) is 1. The monoisotopic (exact) mass is 278 g/mol. The third-order valence-electron chi connectivity index (χ3n) is 6.36. The van der Waals surface area contributed by atoms with Crippen LogP contribution in [0.1, 0.15) is 78.1 Å². The van der Waals surface area contributed by atoms with Gasteiger partial charge in [0.15, 0.2) is 0 Å². The van der Waals surface area contributed by atoms with Gasteiger partial charge in [-0.25, -0.2) is 0 Å². The third-order valence-corrected chi connectivity index (χ3v) is 6.36. The van der Waals surface area contributed by atoms with E-state index in [0.717, 1.165) is 6.04 Å². The van der Waals surface area contributed by atoms with E-state index in [1.54, 1.807) is 0 Å². The van der Waals surface area contributed by atoms with E-state index in [9.17, 15) is 0 Å². The second-order valence-electron chi connectivity index (χ2n) is 8.35. The van der Waals surface area contributed by atoms with Crippen molar-refractivity contribution in [2.75, 3.05) is 19.6 Å². The van der Waals surface area contributed by atoms with Gasteiger partial charge < -0.3 is 5.32 Å². The summed E-state index contributed by atoms with van der Waals surface area (Å²) in [5.74, 6) is 0. The fourth-order valence-electron chi connectivity index (χ4n) is 4.92. The van der Waals surface area contributed by atoms with E-state index in [-0.39, 0.29) is 0 Å². The molecule has 1 unspecified atom stereocenters. The van der Waals surface area contributed by atoms with Crippen molar-refractivity contribution in [3.05, 3.63) is 0 Å². The van der Waals surface area contributed by atoms with Crippen LogP contribution in [0.15, 0.2) is 0 Å². The fourth-order valence-corrected chi connectivity index (χ4v) is 4.92. The summed E-state index contributed by atoms with van der Waals surface area (Å²) in [5, 5.41) is 3.92. The Morgan fingerprint density at radius 2 is 1.55 bits per heavy atom. The molecule has 2 saturated carbocycles. The summed E-state index contributed by atoms with van der Waals surface area (Å²) in [6.45, 7) is 8.83. The predicted octanol–water partition coefficient (Wildman–Crippen LogP) is 3.95. The molecule has 1 saturated heterocycles. The molecule has 1 spiro atoms. The largest absolute Gasteiger partial charge is 0.308 e. The molecule has 1 N–H and O–H groups in total. The number of rotatable bonds is 2. The Kier molecular flexibility index (Phi) is 4.42. The van der Waals surface area contributed by atoms with E-state index in [0.29, 0.717) is 11.0 Å². The van der Waals surface area contributed by atoms with E-state index in [1.807, 2.05) is 0 Å². The molecule has 1 atom stereocenters. The van der Waals surface area contributed by atoms with Crippen LogP contribution in [0.25, 0.3) is 0 Å². The van der Waals surface area contributed by atoms with E-state index < -0.39 is 0 Å². The van der Waals surface area contributed by atoms with Crippen molar-refractivity contribution < 1.29 is 0 Å². The molecule has 0 radical (unpaired) electrons. The Bertz CT molecular complexity index is 311. The molecule has 0 bridgehead atoms. The lowest BCUT2D eigenvalue weighted by Gasteiger charge is -2.51. The lowest BCUT2D eigenvalue weighted by atomic mass is 9.74. The molecule has 3 rings (SSSR count). The number of hydrogen-bond donors (Lipinski definition) is 1. The second-order valence-corrected chi connectivity index (χ2v) is 8.35. The molecule has 3 aliphatic rings. The van der Waals surface area contributed by atoms with Crippen LogP contribution >= 0.6 is 0 Å². The highest BCUT2D eigenvalue weighted by Crippen LogP contribution is 2.39. The molecule has 1 heterocycles. The van der Waals surface area contributed by atoms with Gasteiger partial charge in [0, 0.05) is 31.2 Å². The molecule has 20 heavy (non-hydrogen) atoms. The minimum Gasteiger partial charge on any atom is -0.308 e. The van der Waals surface area contributed by atoms with Crippen LogP contribution in [0, 0.1) is 5.41 Å². The SMILES string of the molecule is CC1CNC2(CCCCC2)CN1CC1(C)CCCCC1. The molecule has 0 amide bonds. The van der Waals surface area contributed by atoms with Gasteiger partial charge >= 0.3 is 0 Å². The van der Waals surface area contributed by atoms with Gasteiger partial charge in [0.2, 0.25) is 0 Å². The molecule has 116 valence electrons. The first kappa shape index (κ1) is 14.8. The average molecular weight is 278 g/mol. The maximum absolute atomic E-state index is 3.92. The number of nitrogens with one attached hydrogen (secondary N) is 1. The quantitative estimate of drug-likeness (QED) is 0.822. The highest BCUT2D eigenvalue weighted by molar-refractivity contribution is 5.00. The summed E-state index contributed by atoms with van der Waals surface area (Å²) in [6, 6.07) is 0.723. The molecule has 2 aliphatic carbocycles. The van der Waals surface area contributed by atoms with Crippen molar-refractivity contribution in [3.63, 3.8) is 0 Å². The van der Waals surface area contributed by atoms with Crippen molar-refractivity contribution in [1.29, 1.82) is 0 Å². The summed E-state index contributed by atoms with van der Waals surface area (Å²) in [4.78, 5) is 2.84. The Balaban J connectivity index is 1.64. The van der Waals surface area contributed by atoms with Crippen LogP contribution in [0.5, 0.6) is 0 Å². The van der Waals surface area contributed by atoms with Crippen LogP contribution in [0.3, 0.4) is 0 Å². The average Bonchev–Trinajstić information content (AvgIpc) is 2.45. The molecular formula is C18H34N2. The molecule has 0 aromatic heterocycles. The number of piperazine rings is 1. The molecule has 2 nitrogen and oxygen atoms in total. The lowest BCUT2D eigenvalue weighted by molar-refractivity contribution is 0.0217. The minimum absolute atomic E-state index is 0.468. The summed E-state index contributed by atoms with van der Waals surface area (Å²) >= 11 is 0. The molecule has 0 aromatic rings. The van der Waals surface area contributed by atoms with Gasteiger partial charge in [-0.2, -0.15) is 0 Å². The zero-order valence-electron chi connectivity index (χ0n) is 13.7. The highest BCUT2D eigenvalue weighted by atomic mass is 15.3. The first-order valence-electron chi connectivity index (χ1n) is 9.10. The molecule has 1 aliphatic heterocycles. The second kappa shape index (κ2) is 5.96. The van der Waals surface area contributed by atoms with E-state index in [1.165, 1.54) is 83.8 Å². The normalized spacial score (nSPS) is 34.2. The van der Waals surface area contributed by atoms with Crippen molar-refractivity contribution in [2.24, 2.45) is 5.41 Å². The molecule has 3 fully saturated rings. The lowest BCUT2D eigenvalue weighted by Crippen LogP contribution is -2.65. The van der Waals surface area contributed by atoms with E-state index >= 15 is 0 Å².